The summed E-state index contributed by atoms with van der Waals surface area (Å²) in [4.78, 5) is 25.4. The first-order valence-electron chi connectivity index (χ1n) is 4.59. The second kappa shape index (κ2) is 6.13. The van der Waals surface area contributed by atoms with E-state index in [4.69, 9.17) is 5.11 Å². The fourth-order valence-corrected chi connectivity index (χ4v) is 1.57. The maximum atomic E-state index is 11.3. The molecule has 0 aliphatic rings. The minimum atomic E-state index is -0.824. The largest absolute Gasteiger partial charge is 0.481 e. The summed E-state index contributed by atoms with van der Waals surface area (Å²) in [6.07, 6.45) is 3.19. The Balaban J connectivity index is 2.11. The summed E-state index contributed by atoms with van der Waals surface area (Å²) in [5.41, 5.74) is 0. The summed E-state index contributed by atoms with van der Waals surface area (Å²) in [5.74, 6) is -0.939. The number of amides is 1. The molecule has 0 saturated heterocycles. The molecule has 82 valence electrons. The van der Waals surface area contributed by atoms with Crippen LogP contribution in [-0.4, -0.2) is 22.0 Å². The topological polar surface area (TPSA) is 79.3 Å². The molecule has 1 amide bonds. The van der Waals surface area contributed by atoms with E-state index in [1.54, 1.807) is 11.6 Å². The predicted molar refractivity (Wildman–Crippen MR) is 56.8 cm³/mol. The maximum absolute atomic E-state index is 11.3. The number of thiazole rings is 1. The molecule has 0 saturated carbocycles. The van der Waals surface area contributed by atoms with E-state index in [2.05, 4.69) is 10.3 Å². The van der Waals surface area contributed by atoms with Gasteiger partial charge in [-0.1, -0.05) is 0 Å². The Morgan fingerprint density at radius 2 is 2.13 bits per heavy atom. The molecule has 0 aliphatic heterocycles. The third-order valence-electron chi connectivity index (χ3n) is 1.72. The lowest BCUT2D eigenvalue weighted by Crippen LogP contribution is -2.10. The molecular weight excluding hydrogens is 216 g/mol. The van der Waals surface area contributed by atoms with Gasteiger partial charge >= 0.3 is 5.97 Å². The van der Waals surface area contributed by atoms with E-state index >= 15 is 0 Å². The molecule has 0 bridgehead atoms. The minimum absolute atomic E-state index is 0.115. The lowest BCUT2D eigenvalue weighted by molar-refractivity contribution is -0.137. The number of aliphatic carboxylic acids is 1. The Kier molecular flexibility index (Phi) is 4.76. The molecule has 0 atom stereocenters. The van der Waals surface area contributed by atoms with Gasteiger partial charge in [0.05, 0.1) is 0 Å². The highest BCUT2D eigenvalue weighted by molar-refractivity contribution is 7.13. The van der Waals surface area contributed by atoms with Gasteiger partial charge in [-0.3, -0.25) is 9.59 Å². The van der Waals surface area contributed by atoms with Crippen molar-refractivity contribution < 1.29 is 14.7 Å². The van der Waals surface area contributed by atoms with Crippen LogP contribution in [0, 0.1) is 0 Å². The van der Waals surface area contributed by atoms with Gasteiger partial charge in [-0.05, 0) is 12.8 Å². The number of nitrogens with zero attached hydrogens (tertiary/aromatic N) is 1. The molecule has 0 aliphatic carbocycles. The van der Waals surface area contributed by atoms with E-state index in [0.29, 0.717) is 24.4 Å². The molecular formula is C9H12N2O3S. The Bertz CT molecular complexity index is 324. The van der Waals surface area contributed by atoms with E-state index in [1.165, 1.54) is 11.3 Å². The molecule has 1 heterocycles. The van der Waals surface area contributed by atoms with Crippen LogP contribution in [0.5, 0.6) is 0 Å². The van der Waals surface area contributed by atoms with Crippen molar-refractivity contribution in [2.45, 2.75) is 25.7 Å². The van der Waals surface area contributed by atoms with Crippen LogP contribution in [0.25, 0.3) is 0 Å². The maximum Gasteiger partial charge on any atom is 0.303 e. The molecule has 5 nitrogen and oxygen atoms in total. The molecule has 0 unspecified atom stereocenters. The number of aromatic nitrogens is 1. The Morgan fingerprint density at radius 1 is 1.40 bits per heavy atom. The van der Waals surface area contributed by atoms with Crippen LogP contribution >= 0.6 is 11.3 Å². The van der Waals surface area contributed by atoms with E-state index in [-0.39, 0.29) is 12.3 Å². The average molecular weight is 228 g/mol. The van der Waals surface area contributed by atoms with Crippen molar-refractivity contribution in [3.05, 3.63) is 11.6 Å². The molecule has 2 N–H and O–H groups in total. The molecule has 15 heavy (non-hydrogen) atoms. The van der Waals surface area contributed by atoms with Crippen molar-refractivity contribution in [1.82, 2.24) is 4.98 Å². The van der Waals surface area contributed by atoms with Crippen LogP contribution in [0.15, 0.2) is 11.6 Å². The lowest BCUT2D eigenvalue weighted by atomic mass is 10.2. The number of carbonyl (C=O) groups is 2. The normalized spacial score (nSPS) is 9.87. The van der Waals surface area contributed by atoms with Crippen LogP contribution in [0.4, 0.5) is 5.13 Å². The third kappa shape index (κ3) is 5.11. The summed E-state index contributed by atoms with van der Waals surface area (Å²) < 4.78 is 0. The third-order valence-corrected chi connectivity index (χ3v) is 2.41. The molecule has 0 aromatic carbocycles. The van der Waals surface area contributed by atoms with Crippen molar-refractivity contribution >= 4 is 28.3 Å². The van der Waals surface area contributed by atoms with Crippen LogP contribution < -0.4 is 5.32 Å². The Morgan fingerprint density at radius 3 is 2.73 bits per heavy atom. The number of nitrogens with one attached hydrogen (secondary N) is 1. The monoisotopic (exact) mass is 228 g/mol. The lowest BCUT2D eigenvalue weighted by Gasteiger charge is -2.00. The fourth-order valence-electron chi connectivity index (χ4n) is 1.03. The summed E-state index contributed by atoms with van der Waals surface area (Å²) in [6.45, 7) is 0. The molecule has 1 rings (SSSR count). The van der Waals surface area contributed by atoms with Gasteiger partial charge in [0.2, 0.25) is 5.91 Å². The van der Waals surface area contributed by atoms with Crippen LogP contribution in [0.3, 0.4) is 0 Å². The van der Waals surface area contributed by atoms with Gasteiger partial charge in [0.15, 0.2) is 5.13 Å². The second-order valence-electron chi connectivity index (χ2n) is 2.99. The van der Waals surface area contributed by atoms with E-state index < -0.39 is 5.97 Å². The first-order chi connectivity index (χ1) is 7.18. The highest BCUT2D eigenvalue weighted by Crippen LogP contribution is 2.11. The number of carbonyl (C=O) groups excluding carboxylic acids is 1. The van der Waals surface area contributed by atoms with Crippen molar-refractivity contribution in [2.24, 2.45) is 0 Å². The van der Waals surface area contributed by atoms with E-state index in [1.807, 2.05) is 0 Å². The number of carboxylic acid groups (broad SMARTS) is 1. The van der Waals surface area contributed by atoms with Gasteiger partial charge in [-0.25, -0.2) is 4.98 Å². The van der Waals surface area contributed by atoms with Crippen molar-refractivity contribution in [3.8, 4) is 0 Å². The zero-order chi connectivity index (χ0) is 11.1. The van der Waals surface area contributed by atoms with Gasteiger partial charge in [-0.2, -0.15) is 0 Å². The molecule has 0 fully saturated rings. The van der Waals surface area contributed by atoms with Crippen molar-refractivity contribution in [1.29, 1.82) is 0 Å². The van der Waals surface area contributed by atoms with Gasteiger partial charge in [0.1, 0.15) is 0 Å². The molecule has 1 aromatic rings. The molecule has 0 spiro atoms. The summed E-state index contributed by atoms with van der Waals surface area (Å²) in [7, 11) is 0. The number of carboxylic acids is 1. The number of hydrogen-bond acceptors (Lipinski definition) is 4. The Hall–Kier alpha value is -1.43. The smallest absolute Gasteiger partial charge is 0.303 e. The number of unbranched alkanes of at least 4 members (excludes halogenated alkanes) is 1. The van der Waals surface area contributed by atoms with Crippen molar-refractivity contribution in [2.75, 3.05) is 5.32 Å². The minimum Gasteiger partial charge on any atom is -0.481 e. The van der Waals surface area contributed by atoms with Gasteiger partial charge in [0, 0.05) is 24.4 Å². The highest BCUT2D eigenvalue weighted by Gasteiger charge is 2.04. The molecule has 6 heteroatoms. The van der Waals surface area contributed by atoms with Crippen LogP contribution in [0.1, 0.15) is 25.7 Å². The standard InChI is InChI=1S/C9H12N2O3S/c12-7(3-1-2-4-8(13)14)11-9-10-5-6-15-9/h5-6H,1-4H2,(H,13,14)(H,10,11,12). The first-order valence-corrected chi connectivity index (χ1v) is 5.47. The molecule has 0 radical (unpaired) electrons. The fraction of sp³-hybridized carbons (Fsp3) is 0.444. The van der Waals surface area contributed by atoms with Gasteiger partial charge in [0.25, 0.3) is 0 Å². The molecule has 1 aromatic heterocycles. The SMILES string of the molecule is O=C(O)CCCCC(=O)Nc1nccs1. The van der Waals surface area contributed by atoms with Crippen LogP contribution in [-0.2, 0) is 9.59 Å². The summed E-state index contributed by atoms with van der Waals surface area (Å²) in [5, 5.41) is 13.4. The predicted octanol–water partition coefficient (Wildman–Crippen LogP) is 1.73. The highest BCUT2D eigenvalue weighted by atomic mass is 32.1. The zero-order valence-corrected chi connectivity index (χ0v) is 8.92. The number of hydrogen-bond donors (Lipinski definition) is 2. The average Bonchev–Trinajstić information content (AvgIpc) is 2.64. The van der Waals surface area contributed by atoms with Gasteiger partial charge < -0.3 is 10.4 Å². The number of rotatable bonds is 6. The first kappa shape index (κ1) is 11.6. The van der Waals surface area contributed by atoms with E-state index in [0.717, 1.165) is 0 Å². The zero-order valence-electron chi connectivity index (χ0n) is 8.10. The van der Waals surface area contributed by atoms with E-state index in [9.17, 15) is 9.59 Å². The van der Waals surface area contributed by atoms with Crippen molar-refractivity contribution in [3.63, 3.8) is 0 Å². The summed E-state index contributed by atoms with van der Waals surface area (Å²) >= 11 is 1.36. The number of anilines is 1. The van der Waals surface area contributed by atoms with Gasteiger partial charge in [-0.15, -0.1) is 11.3 Å². The van der Waals surface area contributed by atoms with Crippen LogP contribution in [0.2, 0.25) is 0 Å². The Labute approximate surface area is 91.1 Å². The second-order valence-corrected chi connectivity index (χ2v) is 3.88. The quantitative estimate of drug-likeness (QED) is 0.727. The summed E-state index contributed by atoms with van der Waals surface area (Å²) in [6, 6.07) is 0.